The van der Waals surface area contributed by atoms with E-state index in [9.17, 15) is 4.39 Å². The zero-order valence-electron chi connectivity index (χ0n) is 11.8. The van der Waals surface area contributed by atoms with Crippen LogP contribution in [0.4, 0.5) is 10.1 Å². The molecule has 2 aromatic carbocycles. The molecule has 0 heterocycles. The number of anilines is 1. The van der Waals surface area contributed by atoms with Gasteiger partial charge in [-0.3, -0.25) is 0 Å². The summed E-state index contributed by atoms with van der Waals surface area (Å²) < 4.78 is 18.6. The summed E-state index contributed by atoms with van der Waals surface area (Å²) in [7, 11) is 1.63. The third kappa shape index (κ3) is 3.80. The van der Waals surface area contributed by atoms with Crippen molar-refractivity contribution in [1.29, 1.82) is 0 Å². The summed E-state index contributed by atoms with van der Waals surface area (Å²) in [6.45, 7) is 2.06. The van der Waals surface area contributed by atoms with Crippen molar-refractivity contribution in [2.75, 3.05) is 12.4 Å². The van der Waals surface area contributed by atoms with Crippen LogP contribution in [0.5, 0.6) is 5.75 Å². The van der Waals surface area contributed by atoms with E-state index in [2.05, 4.69) is 12.2 Å². The Balaban J connectivity index is 2.22. The molecule has 0 amide bonds. The molecule has 1 atom stereocenters. The lowest BCUT2D eigenvalue weighted by atomic mass is 10.0. The summed E-state index contributed by atoms with van der Waals surface area (Å²) in [6.07, 6.45) is 0.860. The number of rotatable bonds is 5. The van der Waals surface area contributed by atoms with Crippen LogP contribution in [0.1, 0.15) is 24.9 Å². The van der Waals surface area contributed by atoms with Crippen molar-refractivity contribution in [3.63, 3.8) is 0 Å². The Labute approximate surface area is 133 Å². The van der Waals surface area contributed by atoms with Gasteiger partial charge >= 0.3 is 0 Å². The van der Waals surface area contributed by atoms with E-state index >= 15 is 0 Å². The molecule has 21 heavy (non-hydrogen) atoms. The minimum absolute atomic E-state index is 0.00887. The van der Waals surface area contributed by atoms with Gasteiger partial charge in [-0.05, 0) is 36.2 Å². The molecule has 0 spiro atoms. The van der Waals surface area contributed by atoms with Crippen molar-refractivity contribution >= 4 is 28.9 Å². The van der Waals surface area contributed by atoms with E-state index in [0.717, 1.165) is 17.7 Å². The van der Waals surface area contributed by atoms with E-state index in [4.69, 9.17) is 27.9 Å². The van der Waals surface area contributed by atoms with E-state index in [1.165, 1.54) is 12.1 Å². The molecule has 0 aliphatic rings. The number of nitrogens with one attached hydrogen (secondary N) is 1. The molecule has 0 saturated heterocycles. The Morgan fingerprint density at radius 1 is 1.14 bits per heavy atom. The lowest BCUT2D eigenvalue weighted by Crippen LogP contribution is -2.09. The molecule has 0 aliphatic carbocycles. The summed E-state index contributed by atoms with van der Waals surface area (Å²) in [5, 5.41) is 3.33. The summed E-state index contributed by atoms with van der Waals surface area (Å²) in [5.74, 6) is 0.211. The number of hydrogen-bond donors (Lipinski definition) is 1. The maximum Gasteiger partial charge on any atom is 0.160 e. The van der Waals surface area contributed by atoms with Gasteiger partial charge in [0.15, 0.2) is 5.82 Å². The van der Waals surface area contributed by atoms with Crippen LogP contribution < -0.4 is 10.1 Å². The van der Waals surface area contributed by atoms with Crippen LogP contribution in [0.15, 0.2) is 36.4 Å². The topological polar surface area (TPSA) is 21.3 Å². The third-order valence-electron chi connectivity index (χ3n) is 3.25. The van der Waals surface area contributed by atoms with Crippen molar-refractivity contribution in [3.05, 3.63) is 57.8 Å². The SMILES string of the molecule is CCC(Nc1cc(Cl)c(F)c(Cl)c1)c1ccc(OC)cc1. The molecular weight excluding hydrogens is 312 g/mol. The van der Waals surface area contributed by atoms with Crippen molar-refractivity contribution in [1.82, 2.24) is 0 Å². The first-order valence-electron chi connectivity index (χ1n) is 6.60. The minimum Gasteiger partial charge on any atom is -0.497 e. The van der Waals surface area contributed by atoms with Crippen LogP contribution in [0.3, 0.4) is 0 Å². The maximum atomic E-state index is 13.4. The monoisotopic (exact) mass is 327 g/mol. The minimum atomic E-state index is -0.596. The molecule has 0 radical (unpaired) electrons. The molecule has 0 fully saturated rings. The largest absolute Gasteiger partial charge is 0.497 e. The van der Waals surface area contributed by atoms with Gasteiger partial charge in [-0.2, -0.15) is 0 Å². The Hall–Kier alpha value is -1.45. The summed E-state index contributed by atoms with van der Waals surface area (Å²) in [5.41, 5.74) is 1.80. The third-order valence-corrected chi connectivity index (χ3v) is 3.80. The van der Waals surface area contributed by atoms with Gasteiger partial charge in [0.2, 0.25) is 0 Å². The molecule has 2 rings (SSSR count). The Kier molecular flexibility index (Phi) is 5.32. The van der Waals surface area contributed by atoms with Crippen LogP contribution in [-0.2, 0) is 0 Å². The smallest absolute Gasteiger partial charge is 0.160 e. The van der Waals surface area contributed by atoms with E-state index < -0.39 is 5.82 Å². The van der Waals surface area contributed by atoms with Gasteiger partial charge in [-0.15, -0.1) is 0 Å². The summed E-state index contributed by atoms with van der Waals surface area (Å²) in [6, 6.07) is 11.0. The quantitative estimate of drug-likeness (QED) is 0.710. The second-order valence-corrected chi connectivity index (χ2v) is 5.45. The predicted molar refractivity (Wildman–Crippen MR) is 86.1 cm³/mol. The van der Waals surface area contributed by atoms with E-state index in [0.29, 0.717) is 5.69 Å². The second-order valence-electron chi connectivity index (χ2n) is 4.63. The first-order valence-corrected chi connectivity index (χ1v) is 7.35. The first kappa shape index (κ1) is 15.9. The molecule has 2 aromatic rings. The molecule has 5 heteroatoms. The molecule has 0 saturated carbocycles. The fraction of sp³-hybridized carbons (Fsp3) is 0.250. The average Bonchev–Trinajstić information content (AvgIpc) is 2.50. The van der Waals surface area contributed by atoms with Gasteiger partial charge in [0.25, 0.3) is 0 Å². The van der Waals surface area contributed by atoms with Crippen molar-refractivity contribution < 1.29 is 9.13 Å². The average molecular weight is 328 g/mol. The maximum absolute atomic E-state index is 13.4. The molecule has 0 aromatic heterocycles. The van der Waals surface area contributed by atoms with E-state index in [-0.39, 0.29) is 16.1 Å². The van der Waals surface area contributed by atoms with Crippen molar-refractivity contribution in [3.8, 4) is 5.75 Å². The Morgan fingerprint density at radius 2 is 1.71 bits per heavy atom. The van der Waals surface area contributed by atoms with Crippen molar-refractivity contribution in [2.45, 2.75) is 19.4 Å². The molecule has 1 unspecified atom stereocenters. The molecule has 1 N–H and O–H groups in total. The lowest BCUT2D eigenvalue weighted by Gasteiger charge is -2.19. The van der Waals surface area contributed by atoms with Gasteiger partial charge in [-0.25, -0.2) is 4.39 Å². The van der Waals surface area contributed by atoms with E-state index in [1.54, 1.807) is 7.11 Å². The highest BCUT2D eigenvalue weighted by Crippen LogP contribution is 2.30. The van der Waals surface area contributed by atoms with Crippen LogP contribution in [0.2, 0.25) is 10.0 Å². The molecule has 0 bridgehead atoms. The van der Waals surface area contributed by atoms with Gasteiger partial charge in [-0.1, -0.05) is 42.3 Å². The first-order chi connectivity index (χ1) is 10.0. The molecule has 2 nitrogen and oxygen atoms in total. The number of hydrogen-bond acceptors (Lipinski definition) is 2. The Morgan fingerprint density at radius 3 is 2.19 bits per heavy atom. The van der Waals surface area contributed by atoms with Crippen LogP contribution >= 0.6 is 23.2 Å². The highest BCUT2D eigenvalue weighted by molar-refractivity contribution is 6.35. The van der Waals surface area contributed by atoms with Gasteiger partial charge < -0.3 is 10.1 Å². The lowest BCUT2D eigenvalue weighted by molar-refractivity contribution is 0.414. The fourth-order valence-corrected chi connectivity index (χ4v) is 2.58. The zero-order valence-corrected chi connectivity index (χ0v) is 13.3. The van der Waals surface area contributed by atoms with Gasteiger partial charge in [0, 0.05) is 5.69 Å². The number of benzene rings is 2. The predicted octanol–water partition coefficient (Wildman–Crippen LogP) is 5.70. The number of ether oxygens (including phenoxy) is 1. The van der Waals surface area contributed by atoms with E-state index in [1.807, 2.05) is 24.3 Å². The van der Waals surface area contributed by atoms with Crippen LogP contribution in [0, 0.1) is 5.82 Å². The fourth-order valence-electron chi connectivity index (χ4n) is 2.10. The summed E-state index contributed by atoms with van der Waals surface area (Å²) in [4.78, 5) is 0. The Bertz CT molecular complexity index is 593. The molecular formula is C16H16Cl2FNO. The zero-order chi connectivity index (χ0) is 15.4. The molecule has 0 aliphatic heterocycles. The van der Waals surface area contributed by atoms with Gasteiger partial charge in [0.1, 0.15) is 5.75 Å². The number of halogens is 3. The second kappa shape index (κ2) is 7.01. The highest BCUT2D eigenvalue weighted by atomic mass is 35.5. The highest BCUT2D eigenvalue weighted by Gasteiger charge is 2.12. The number of methoxy groups -OCH3 is 1. The standard InChI is InChI=1S/C16H16Cl2FNO/c1-3-15(10-4-6-12(21-2)7-5-10)20-11-8-13(17)16(19)14(18)9-11/h4-9,15,20H,3H2,1-2H3. The van der Waals surface area contributed by atoms with Crippen LogP contribution in [-0.4, -0.2) is 7.11 Å². The summed E-state index contributed by atoms with van der Waals surface area (Å²) >= 11 is 11.6. The van der Waals surface area contributed by atoms with Crippen molar-refractivity contribution in [2.24, 2.45) is 0 Å². The molecule has 112 valence electrons. The normalized spacial score (nSPS) is 12.0. The van der Waals surface area contributed by atoms with Gasteiger partial charge in [0.05, 0.1) is 23.2 Å². The van der Waals surface area contributed by atoms with Crippen LogP contribution in [0.25, 0.3) is 0 Å².